The topological polar surface area (TPSA) is 23.8 Å². The zero-order valence-electron chi connectivity index (χ0n) is 16.4. The fraction of sp³-hybridized carbons (Fsp3) is 0.542. The Balaban J connectivity index is 1.56. The molecule has 2 rings (SSSR count). The summed E-state index contributed by atoms with van der Waals surface area (Å²) >= 11 is 0. The van der Waals surface area contributed by atoms with E-state index in [0.717, 1.165) is 43.1 Å². The highest BCUT2D eigenvalue weighted by Crippen LogP contribution is 2.34. The van der Waals surface area contributed by atoms with Crippen LogP contribution in [0.3, 0.4) is 0 Å². The second kappa shape index (κ2) is 11.7. The maximum atomic E-state index is 12.6. The van der Waals surface area contributed by atoms with Crippen molar-refractivity contribution in [2.75, 3.05) is 0 Å². The molecule has 1 nitrogen and oxygen atoms in total. The van der Waals surface area contributed by atoms with Crippen molar-refractivity contribution < 1.29 is 13.2 Å². The number of allylic oxidation sites excluding steroid dienone is 4. The van der Waals surface area contributed by atoms with Gasteiger partial charge in [0.1, 0.15) is 0 Å². The van der Waals surface area contributed by atoms with Gasteiger partial charge in [-0.15, -0.1) is 0 Å². The zero-order chi connectivity index (χ0) is 20.2. The molecule has 1 saturated carbocycles. The van der Waals surface area contributed by atoms with Crippen LogP contribution in [0, 0.1) is 23.2 Å². The number of benzene rings is 1. The van der Waals surface area contributed by atoms with Crippen molar-refractivity contribution in [1.29, 1.82) is 5.26 Å². The molecule has 0 aliphatic heterocycles. The Morgan fingerprint density at radius 3 is 2.18 bits per heavy atom. The van der Waals surface area contributed by atoms with Crippen LogP contribution in [-0.2, 0) is 12.6 Å². The van der Waals surface area contributed by atoms with Crippen LogP contribution in [0.25, 0.3) is 0 Å². The van der Waals surface area contributed by atoms with Crippen molar-refractivity contribution in [2.45, 2.75) is 70.4 Å². The van der Waals surface area contributed by atoms with Gasteiger partial charge in [0.2, 0.25) is 0 Å². The minimum absolute atomic E-state index is 0.567. The Hall–Kier alpha value is -2.02. The minimum Gasteiger partial charge on any atom is -0.193 e. The predicted octanol–water partition coefficient (Wildman–Crippen LogP) is 7.64. The van der Waals surface area contributed by atoms with Crippen LogP contribution in [0.2, 0.25) is 0 Å². The van der Waals surface area contributed by atoms with E-state index in [1.54, 1.807) is 18.2 Å². The number of aryl methyl sites for hydroxylation is 1. The van der Waals surface area contributed by atoms with Crippen LogP contribution in [-0.4, -0.2) is 0 Å². The highest BCUT2D eigenvalue weighted by atomic mass is 19.4. The largest absolute Gasteiger partial charge is 0.416 e. The second-order valence-corrected chi connectivity index (χ2v) is 7.82. The molecule has 1 aliphatic rings. The molecule has 0 saturated heterocycles. The molecular formula is C24H30F3N. The van der Waals surface area contributed by atoms with Crippen molar-refractivity contribution >= 4 is 0 Å². The van der Waals surface area contributed by atoms with E-state index >= 15 is 0 Å². The Kier molecular flexibility index (Phi) is 9.34. The summed E-state index contributed by atoms with van der Waals surface area (Å²) in [5, 5.41) is 8.42. The summed E-state index contributed by atoms with van der Waals surface area (Å²) in [6.07, 6.45) is 15.0. The molecule has 0 unspecified atom stereocenters. The first kappa shape index (κ1) is 22.3. The van der Waals surface area contributed by atoms with E-state index in [9.17, 15) is 13.2 Å². The first-order chi connectivity index (χ1) is 13.5. The second-order valence-electron chi connectivity index (χ2n) is 7.82. The number of halogens is 3. The Labute approximate surface area is 167 Å². The molecule has 1 aromatic rings. The van der Waals surface area contributed by atoms with Gasteiger partial charge in [0.15, 0.2) is 0 Å². The Morgan fingerprint density at radius 2 is 1.57 bits per heavy atom. The number of alkyl halides is 3. The van der Waals surface area contributed by atoms with Crippen LogP contribution >= 0.6 is 0 Å². The molecule has 1 aromatic carbocycles. The van der Waals surface area contributed by atoms with Gasteiger partial charge in [-0.05, 0) is 55.2 Å². The highest BCUT2D eigenvalue weighted by molar-refractivity contribution is 5.24. The number of nitrogens with zero attached hydrogens (tertiary/aromatic N) is 1. The summed E-state index contributed by atoms with van der Waals surface area (Å²) in [6, 6.07) is 7.57. The number of unbranched alkanes of at least 4 members (excludes halogenated alkanes) is 1. The third-order valence-electron chi connectivity index (χ3n) is 5.73. The first-order valence-electron chi connectivity index (χ1n) is 10.4. The Morgan fingerprint density at radius 1 is 0.929 bits per heavy atom. The molecule has 1 aliphatic carbocycles. The maximum Gasteiger partial charge on any atom is 0.416 e. The van der Waals surface area contributed by atoms with Gasteiger partial charge in [0.25, 0.3) is 0 Å². The lowest BCUT2D eigenvalue weighted by molar-refractivity contribution is -0.137. The zero-order valence-corrected chi connectivity index (χ0v) is 16.4. The number of rotatable bonds is 9. The van der Waals surface area contributed by atoms with Gasteiger partial charge < -0.3 is 0 Å². The summed E-state index contributed by atoms with van der Waals surface area (Å²) in [5.74, 6) is 1.64. The van der Waals surface area contributed by atoms with E-state index in [1.807, 2.05) is 12.1 Å². The fourth-order valence-electron chi connectivity index (χ4n) is 4.04. The average molecular weight is 390 g/mol. The molecule has 0 spiro atoms. The smallest absolute Gasteiger partial charge is 0.193 e. The summed E-state index contributed by atoms with van der Waals surface area (Å²) < 4.78 is 37.7. The lowest BCUT2D eigenvalue weighted by Gasteiger charge is -2.28. The van der Waals surface area contributed by atoms with E-state index in [4.69, 9.17) is 5.26 Å². The molecule has 152 valence electrons. The number of hydrogen-bond donors (Lipinski definition) is 0. The first-order valence-corrected chi connectivity index (χ1v) is 10.4. The van der Waals surface area contributed by atoms with Gasteiger partial charge in [0.05, 0.1) is 11.6 Å². The van der Waals surface area contributed by atoms with Gasteiger partial charge in [-0.2, -0.15) is 18.4 Å². The summed E-state index contributed by atoms with van der Waals surface area (Å²) in [4.78, 5) is 0. The molecule has 0 heterocycles. The molecule has 0 aromatic heterocycles. The highest BCUT2D eigenvalue weighted by Gasteiger charge is 2.29. The van der Waals surface area contributed by atoms with Crippen molar-refractivity contribution in [2.24, 2.45) is 11.8 Å². The summed E-state index contributed by atoms with van der Waals surface area (Å²) in [6.45, 7) is 0. The van der Waals surface area contributed by atoms with E-state index < -0.39 is 11.7 Å². The van der Waals surface area contributed by atoms with Gasteiger partial charge in [-0.3, -0.25) is 0 Å². The predicted molar refractivity (Wildman–Crippen MR) is 108 cm³/mol. The minimum atomic E-state index is -4.25. The van der Waals surface area contributed by atoms with Crippen LogP contribution < -0.4 is 0 Å². The molecule has 0 radical (unpaired) electrons. The third kappa shape index (κ3) is 8.33. The van der Waals surface area contributed by atoms with Crippen LogP contribution in [0.15, 0.2) is 48.6 Å². The molecule has 0 bridgehead atoms. The van der Waals surface area contributed by atoms with Gasteiger partial charge in [-0.25, -0.2) is 0 Å². The molecular weight excluding hydrogens is 359 g/mol. The molecule has 0 N–H and O–H groups in total. The summed E-state index contributed by atoms with van der Waals surface area (Å²) in [7, 11) is 0. The van der Waals surface area contributed by atoms with Crippen LogP contribution in [0.1, 0.15) is 68.9 Å². The van der Waals surface area contributed by atoms with Gasteiger partial charge >= 0.3 is 6.18 Å². The fourth-order valence-corrected chi connectivity index (χ4v) is 4.04. The van der Waals surface area contributed by atoms with Crippen LogP contribution in [0.4, 0.5) is 13.2 Å². The maximum absolute atomic E-state index is 12.6. The van der Waals surface area contributed by atoms with Crippen molar-refractivity contribution in [3.05, 3.63) is 59.7 Å². The van der Waals surface area contributed by atoms with Crippen LogP contribution in [0.5, 0.6) is 0 Å². The lowest BCUT2D eigenvalue weighted by atomic mass is 9.78. The quantitative estimate of drug-likeness (QED) is 0.242. The monoisotopic (exact) mass is 389 g/mol. The number of hydrogen-bond acceptors (Lipinski definition) is 1. The van der Waals surface area contributed by atoms with E-state index in [0.29, 0.717) is 0 Å². The lowest BCUT2D eigenvalue weighted by Crippen LogP contribution is -2.14. The van der Waals surface area contributed by atoms with E-state index in [-0.39, 0.29) is 0 Å². The van der Waals surface area contributed by atoms with E-state index in [1.165, 1.54) is 56.7 Å². The standard InChI is InChI=1S/C24H30F3N/c25-24(26,27)23-17-15-22(16-18-23)10-6-5-9-21-13-11-20(12-14-21)8-4-2-1-3-7-19-28/h1-3,7,15-18,20-21H,4-6,8-14H2/t20-,21-. The third-order valence-corrected chi connectivity index (χ3v) is 5.73. The number of nitriles is 1. The Bertz CT molecular complexity index is 657. The van der Waals surface area contributed by atoms with Gasteiger partial charge in [0, 0.05) is 6.08 Å². The summed E-state index contributed by atoms with van der Waals surface area (Å²) in [5.41, 5.74) is 0.427. The molecule has 28 heavy (non-hydrogen) atoms. The van der Waals surface area contributed by atoms with Crippen molar-refractivity contribution in [3.8, 4) is 6.07 Å². The normalized spacial score (nSPS) is 20.6. The molecule has 0 amide bonds. The van der Waals surface area contributed by atoms with E-state index in [2.05, 4.69) is 6.08 Å². The van der Waals surface area contributed by atoms with Crippen molar-refractivity contribution in [3.63, 3.8) is 0 Å². The van der Waals surface area contributed by atoms with Gasteiger partial charge in [-0.1, -0.05) is 68.9 Å². The molecule has 1 fully saturated rings. The SMILES string of the molecule is N#CC=CC=CCC[C@H]1CC[C@H](CCCCc2ccc(C(F)(F)F)cc2)CC1. The molecule has 0 atom stereocenters. The van der Waals surface area contributed by atoms with Crippen molar-refractivity contribution in [1.82, 2.24) is 0 Å². The average Bonchev–Trinajstić information content (AvgIpc) is 2.69. The molecule has 4 heteroatoms.